The zero-order valence-electron chi connectivity index (χ0n) is 11.6. The second-order valence-electron chi connectivity index (χ2n) is 4.76. The fraction of sp³-hybridized carbons (Fsp3) is 0.250. The monoisotopic (exact) mass is 313 g/mol. The maximum absolute atomic E-state index is 13.7. The van der Waals surface area contributed by atoms with Crippen LogP contribution in [0.25, 0.3) is 0 Å². The van der Waals surface area contributed by atoms with Crippen LogP contribution < -0.4 is 10.5 Å². The van der Waals surface area contributed by atoms with Gasteiger partial charge in [0.1, 0.15) is 11.6 Å². The average molecular weight is 313 g/mol. The number of nitrogens with two attached hydrogens (primary N) is 1. The van der Waals surface area contributed by atoms with Crippen LogP contribution in [0.5, 0.6) is 5.75 Å². The first-order valence-corrected chi connectivity index (χ1v) is 6.67. The summed E-state index contributed by atoms with van der Waals surface area (Å²) in [7, 11) is 0. The van der Waals surface area contributed by atoms with Crippen molar-refractivity contribution in [2.24, 2.45) is 5.73 Å². The number of ether oxygens (including phenoxy) is 1. The zero-order chi connectivity index (χ0) is 16.2. The fourth-order valence-corrected chi connectivity index (χ4v) is 2.11. The molecule has 0 radical (unpaired) electrons. The highest BCUT2D eigenvalue weighted by molar-refractivity contribution is 5.35. The van der Waals surface area contributed by atoms with Gasteiger partial charge in [0, 0.05) is 12.5 Å². The molecule has 0 aliphatic rings. The molecule has 2 aromatic rings. The first-order chi connectivity index (χ1) is 10.4. The van der Waals surface area contributed by atoms with Crippen LogP contribution in [0.2, 0.25) is 0 Å². The Bertz CT molecular complexity index is 628. The van der Waals surface area contributed by atoms with Crippen molar-refractivity contribution < 1.29 is 22.3 Å². The number of halogens is 4. The standard InChI is InChI=1S/C16H15F4NO/c17-14-7-3-1-5-12(14)11(9-21)10-22-15-8-4-2-6-13(15)16(18,19)20/h1-8,11H,9-10,21H2. The molecule has 2 N–H and O–H groups in total. The minimum atomic E-state index is -4.51. The molecule has 0 fully saturated rings. The van der Waals surface area contributed by atoms with E-state index in [1.807, 2.05) is 0 Å². The highest BCUT2D eigenvalue weighted by Crippen LogP contribution is 2.36. The molecule has 6 heteroatoms. The van der Waals surface area contributed by atoms with Gasteiger partial charge in [-0.25, -0.2) is 4.39 Å². The molecule has 0 saturated carbocycles. The number of rotatable bonds is 5. The maximum Gasteiger partial charge on any atom is 0.419 e. The Morgan fingerprint density at radius 2 is 1.64 bits per heavy atom. The van der Waals surface area contributed by atoms with Crippen molar-refractivity contribution in [1.29, 1.82) is 0 Å². The van der Waals surface area contributed by atoms with Gasteiger partial charge >= 0.3 is 6.18 Å². The lowest BCUT2D eigenvalue weighted by Crippen LogP contribution is -2.21. The van der Waals surface area contributed by atoms with Crippen LogP contribution in [0, 0.1) is 5.82 Å². The summed E-state index contributed by atoms with van der Waals surface area (Å²) in [5.41, 5.74) is 5.06. The smallest absolute Gasteiger partial charge is 0.419 e. The van der Waals surface area contributed by atoms with E-state index in [1.165, 1.54) is 30.3 Å². The largest absolute Gasteiger partial charge is 0.492 e. The molecule has 2 aromatic carbocycles. The minimum absolute atomic E-state index is 0.0646. The molecular weight excluding hydrogens is 298 g/mol. The second-order valence-corrected chi connectivity index (χ2v) is 4.76. The third-order valence-corrected chi connectivity index (χ3v) is 3.26. The Labute approximate surface area is 125 Å². The van der Waals surface area contributed by atoms with E-state index in [0.29, 0.717) is 5.56 Å². The maximum atomic E-state index is 13.7. The third-order valence-electron chi connectivity index (χ3n) is 3.26. The summed E-state index contributed by atoms with van der Waals surface area (Å²) in [6, 6.07) is 10.9. The Morgan fingerprint density at radius 3 is 2.27 bits per heavy atom. The van der Waals surface area contributed by atoms with Crippen LogP contribution in [0.3, 0.4) is 0 Å². The predicted molar refractivity (Wildman–Crippen MR) is 75.1 cm³/mol. The molecule has 0 aromatic heterocycles. The number of hydrogen-bond acceptors (Lipinski definition) is 2. The molecule has 0 aliphatic heterocycles. The van der Waals surface area contributed by atoms with Gasteiger partial charge in [0.2, 0.25) is 0 Å². The summed E-state index contributed by atoms with van der Waals surface area (Å²) in [6.45, 7) is -0.0698. The molecule has 0 bridgehead atoms. The highest BCUT2D eigenvalue weighted by atomic mass is 19.4. The van der Waals surface area contributed by atoms with E-state index in [2.05, 4.69) is 0 Å². The molecule has 0 amide bonds. The van der Waals surface area contributed by atoms with Gasteiger partial charge in [-0.3, -0.25) is 0 Å². The SMILES string of the molecule is NCC(COc1ccccc1C(F)(F)F)c1ccccc1F. The topological polar surface area (TPSA) is 35.2 Å². The summed E-state index contributed by atoms with van der Waals surface area (Å²) >= 11 is 0. The van der Waals surface area contributed by atoms with Crippen molar-refractivity contribution >= 4 is 0 Å². The van der Waals surface area contributed by atoms with Crippen molar-refractivity contribution in [2.75, 3.05) is 13.2 Å². The van der Waals surface area contributed by atoms with Crippen LogP contribution in [0.15, 0.2) is 48.5 Å². The quantitative estimate of drug-likeness (QED) is 0.848. The lowest BCUT2D eigenvalue weighted by atomic mass is 9.99. The normalized spacial score (nSPS) is 13.0. The Hall–Kier alpha value is -2.08. The molecule has 0 heterocycles. The van der Waals surface area contributed by atoms with Crippen LogP contribution in [0.4, 0.5) is 17.6 Å². The Balaban J connectivity index is 2.17. The van der Waals surface area contributed by atoms with E-state index in [4.69, 9.17) is 10.5 Å². The second kappa shape index (κ2) is 6.79. The van der Waals surface area contributed by atoms with Crippen LogP contribution in [0.1, 0.15) is 17.0 Å². The fourth-order valence-electron chi connectivity index (χ4n) is 2.11. The molecule has 2 nitrogen and oxygen atoms in total. The van der Waals surface area contributed by atoms with Gasteiger partial charge in [-0.05, 0) is 23.8 Å². The van der Waals surface area contributed by atoms with Gasteiger partial charge in [0.05, 0.1) is 12.2 Å². The molecule has 22 heavy (non-hydrogen) atoms. The van der Waals surface area contributed by atoms with Crippen molar-refractivity contribution in [3.63, 3.8) is 0 Å². The zero-order valence-corrected chi connectivity index (χ0v) is 11.6. The van der Waals surface area contributed by atoms with E-state index >= 15 is 0 Å². The lowest BCUT2D eigenvalue weighted by molar-refractivity contribution is -0.139. The predicted octanol–water partition coefficient (Wildman–Crippen LogP) is 3.97. The first-order valence-electron chi connectivity index (χ1n) is 6.67. The molecule has 1 unspecified atom stereocenters. The van der Waals surface area contributed by atoms with E-state index in [1.54, 1.807) is 12.1 Å². The van der Waals surface area contributed by atoms with Crippen LogP contribution >= 0.6 is 0 Å². The molecule has 0 aliphatic carbocycles. The number of para-hydroxylation sites is 1. The van der Waals surface area contributed by atoms with Crippen molar-refractivity contribution in [3.05, 3.63) is 65.5 Å². The van der Waals surface area contributed by atoms with Crippen molar-refractivity contribution in [3.8, 4) is 5.75 Å². The summed E-state index contributed by atoms with van der Waals surface area (Å²) in [5, 5.41) is 0. The number of hydrogen-bond donors (Lipinski definition) is 1. The summed E-state index contributed by atoms with van der Waals surface area (Å²) in [4.78, 5) is 0. The van der Waals surface area contributed by atoms with Crippen LogP contribution in [-0.2, 0) is 6.18 Å². The van der Waals surface area contributed by atoms with Gasteiger partial charge in [0.25, 0.3) is 0 Å². The van der Waals surface area contributed by atoms with Gasteiger partial charge in [-0.15, -0.1) is 0 Å². The van der Waals surface area contributed by atoms with Crippen LogP contribution in [-0.4, -0.2) is 13.2 Å². The van der Waals surface area contributed by atoms with E-state index < -0.39 is 23.5 Å². The van der Waals surface area contributed by atoms with E-state index in [-0.39, 0.29) is 18.9 Å². The third kappa shape index (κ3) is 3.76. The van der Waals surface area contributed by atoms with E-state index in [9.17, 15) is 17.6 Å². The molecule has 0 saturated heterocycles. The van der Waals surface area contributed by atoms with Gasteiger partial charge in [0.15, 0.2) is 0 Å². The Morgan fingerprint density at radius 1 is 1.00 bits per heavy atom. The van der Waals surface area contributed by atoms with Gasteiger partial charge in [-0.1, -0.05) is 30.3 Å². The average Bonchev–Trinajstić information content (AvgIpc) is 2.49. The summed E-state index contributed by atoms with van der Waals surface area (Å²) in [6.07, 6.45) is -4.51. The summed E-state index contributed by atoms with van der Waals surface area (Å²) in [5.74, 6) is -1.27. The van der Waals surface area contributed by atoms with Gasteiger partial charge < -0.3 is 10.5 Å². The van der Waals surface area contributed by atoms with Crippen molar-refractivity contribution in [2.45, 2.75) is 12.1 Å². The summed E-state index contributed by atoms with van der Waals surface area (Å²) < 4.78 is 57.6. The Kier molecular flexibility index (Phi) is 5.03. The number of benzene rings is 2. The molecule has 2 rings (SSSR count). The molecular formula is C16H15F4NO. The lowest BCUT2D eigenvalue weighted by Gasteiger charge is -2.19. The highest BCUT2D eigenvalue weighted by Gasteiger charge is 2.34. The van der Waals surface area contributed by atoms with Gasteiger partial charge in [-0.2, -0.15) is 13.2 Å². The van der Waals surface area contributed by atoms with Crippen molar-refractivity contribution in [1.82, 2.24) is 0 Å². The molecule has 118 valence electrons. The number of alkyl halides is 3. The van der Waals surface area contributed by atoms with E-state index in [0.717, 1.165) is 6.07 Å². The molecule has 1 atom stereocenters. The minimum Gasteiger partial charge on any atom is -0.492 e. The molecule has 0 spiro atoms. The first kappa shape index (κ1) is 16.3.